The number of alkyl halides is 3. The maximum atomic E-state index is 12.3. The minimum absolute atomic E-state index is 0. The number of ether oxygens (including phenoxy) is 1. The predicted octanol–water partition coefficient (Wildman–Crippen LogP) is -0.833. The van der Waals surface area contributed by atoms with Crippen molar-refractivity contribution in [1.82, 2.24) is 4.98 Å². The fourth-order valence-corrected chi connectivity index (χ4v) is 1.02. The third kappa shape index (κ3) is 4.43. The molecule has 0 amide bonds. The van der Waals surface area contributed by atoms with Crippen molar-refractivity contribution < 1.29 is 82.2 Å². The van der Waals surface area contributed by atoms with Gasteiger partial charge in [0, 0.05) is 0 Å². The van der Waals surface area contributed by atoms with E-state index in [0.717, 1.165) is 7.11 Å². The largest absolute Gasteiger partial charge is 1.00 e. The average Bonchev–Trinajstić information content (AvgIpc) is 2.14. The molecule has 0 aliphatic carbocycles. The summed E-state index contributed by atoms with van der Waals surface area (Å²) in [6.07, 6.45) is -4.80. The van der Waals surface area contributed by atoms with Gasteiger partial charge in [0.15, 0.2) is 5.88 Å². The molecule has 2 nitrogen and oxygen atoms in total. The zero-order valence-corrected chi connectivity index (χ0v) is 12.0. The molecular formula is C7H5BF6KNO. The first-order valence-corrected chi connectivity index (χ1v) is 3.98. The SMILES string of the molecule is COc1nc(C(F)(F)F)ccc1[B-](F)(F)F.[K+]. The molecule has 0 spiro atoms. The van der Waals surface area contributed by atoms with E-state index in [4.69, 9.17) is 0 Å². The third-order valence-electron chi connectivity index (χ3n) is 1.73. The van der Waals surface area contributed by atoms with Gasteiger partial charge in [0.25, 0.3) is 0 Å². The van der Waals surface area contributed by atoms with Crippen LogP contribution in [-0.2, 0) is 6.18 Å². The average molecular weight is 283 g/mol. The number of aromatic nitrogens is 1. The molecule has 0 radical (unpaired) electrons. The van der Waals surface area contributed by atoms with Crippen molar-refractivity contribution in [3.8, 4) is 5.88 Å². The fraction of sp³-hybridized carbons (Fsp3) is 0.286. The summed E-state index contributed by atoms with van der Waals surface area (Å²) in [6, 6.07) is 0.585. The monoisotopic (exact) mass is 283 g/mol. The first kappa shape index (κ1) is 17.2. The number of hydrogen-bond acceptors (Lipinski definition) is 2. The van der Waals surface area contributed by atoms with Crippen LogP contribution in [0.25, 0.3) is 0 Å². The molecule has 0 aromatic carbocycles. The number of rotatable bonds is 2. The maximum Gasteiger partial charge on any atom is 1.00 e. The van der Waals surface area contributed by atoms with Gasteiger partial charge in [-0.15, -0.1) is 0 Å². The van der Waals surface area contributed by atoms with E-state index in [1.807, 2.05) is 0 Å². The van der Waals surface area contributed by atoms with Gasteiger partial charge < -0.3 is 17.7 Å². The van der Waals surface area contributed by atoms with Crippen LogP contribution >= 0.6 is 0 Å². The van der Waals surface area contributed by atoms with Crippen molar-refractivity contribution in [2.45, 2.75) is 6.18 Å². The molecule has 0 atom stereocenters. The molecular weight excluding hydrogens is 278 g/mol. The Bertz CT molecular complexity index is 393. The van der Waals surface area contributed by atoms with Gasteiger partial charge in [-0.05, 0) is 11.5 Å². The molecule has 0 N–H and O–H groups in total. The molecule has 0 unspecified atom stereocenters. The Kier molecular flexibility index (Phi) is 6.00. The molecule has 17 heavy (non-hydrogen) atoms. The van der Waals surface area contributed by atoms with Gasteiger partial charge in [0.05, 0.1) is 7.11 Å². The number of hydrogen-bond donors (Lipinski definition) is 0. The minimum atomic E-state index is -5.45. The summed E-state index contributed by atoms with van der Waals surface area (Å²) in [5.41, 5.74) is -2.70. The Morgan fingerprint density at radius 2 is 1.71 bits per heavy atom. The van der Waals surface area contributed by atoms with Gasteiger partial charge in [-0.3, -0.25) is 0 Å². The molecule has 1 aromatic heterocycles. The Labute approximate surface area is 135 Å². The molecule has 1 aromatic rings. The van der Waals surface area contributed by atoms with Gasteiger partial charge in [-0.1, -0.05) is 6.07 Å². The zero-order valence-electron chi connectivity index (χ0n) is 8.86. The quantitative estimate of drug-likeness (QED) is 0.522. The molecule has 1 rings (SSSR count). The van der Waals surface area contributed by atoms with E-state index in [0.29, 0.717) is 6.07 Å². The summed E-state index contributed by atoms with van der Waals surface area (Å²) in [4.78, 5) is 2.78. The van der Waals surface area contributed by atoms with Crippen LogP contribution in [0.15, 0.2) is 12.1 Å². The number of pyridine rings is 1. The summed E-state index contributed by atoms with van der Waals surface area (Å²) >= 11 is 0. The molecule has 0 saturated carbocycles. The van der Waals surface area contributed by atoms with Gasteiger partial charge in [-0.2, -0.15) is 13.2 Å². The summed E-state index contributed by atoms with van der Waals surface area (Å²) in [5.74, 6) is -1.07. The molecule has 0 aliphatic heterocycles. The van der Waals surface area contributed by atoms with Crippen molar-refractivity contribution in [2.75, 3.05) is 7.11 Å². The minimum Gasteiger partial charge on any atom is -0.483 e. The number of methoxy groups -OCH3 is 1. The van der Waals surface area contributed by atoms with Crippen molar-refractivity contribution in [1.29, 1.82) is 0 Å². The Morgan fingerprint density at radius 3 is 2.06 bits per heavy atom. The van der Waals surface area contributed by atoms with E-state index >= 15 is 0 Å². The topological polar surface area (TPSA) is 22.1 Å². The van der Waals surface area contributed by atoms with Gasteiger partial charge in [0.1, 0.15) is 5.69 Å². The summed E-state index contributed by atoms with van der Waals surface area (Å²) in [7, 11) is 0.827. The molecule has 1 heterocycles. The Morgan fingerprint density at radius 1 is 1.18 bits per heavy atom. The second-order valence-electron chi connectivity index (χ2n) is 2.87. The van der Waals surface area contributed by atoms with Crippen molar-refractivity contribution in [3.63, 3.8) is 0 Å². The van der Waals surface area contributed by atoms with Crippen LogP contribution in [-0.4, -0.2) is 19.1 Å². The van der Waals surface area contributed by atoms with Crippen LogP contribution in [0.4, 0.5) is 26.1 Å². The molecule has 0 aliphatic rings. The molecule has 10 heteroatoms. The van der Waals surface area contributed by atoms with E-state index in [2.05, 4.69) is 9.72 Å². The van der Waals surface area contributed by atoms with E-state index in [1.54, 1.807) is 0 Å². The third-order valence-corrected chi connectivity index (χ3v) is 1.73. The second-order valence-corrected chi connectivity index (χ2v) is 2.87. The van der Waals surface area contributed by atoms with Crippen molar-refractivity contribution in [3.05, 3.63) is 17.8 Å². The number of halogens is 6. The van der Waals surface area contributed by atoms with Gasteiger partial charge in [-0.25, -0.2) is 4.98 Å². The van der Waals surface area contributed by atoms with Crippen LogP contribution < -0.4 is 61.6 Å². The van der Waals surface area contributed by atoms with E-state index in [9.17, 15) is 26.1 Å². The standard InChI is InChI=1S/C7H5BF6NO.K/c1-16-6-4(8(12,13)14)2-3-5(15-6)7(9,10)11;/h2-3H,1H3;/q-1;+1. The smallest absolute Gasteiger partial charge is 0.483 e. The predicted molar refractivity (Wildman–Crippen MR) is 44.5 cm³/mol. The van der Waals surface area contributed by atoms with Gasteiger partial charge in [0.2, 0.25) is 0 Å². The van der Waals surface area contributed by atoms with Crippen molar-refractivity contribution >= 4 is 12.4 Å². The summed E-state index contributed by atoms with van der Waals surface area (Å²) in [6.45, 7) is -5.45. The van der Waals surface area contributed by atoms with Gasteiger partial charge >= 0.3 is 64.5 Å². The molecule has 0 saturated heterocycles. The normalized spacial score (nSPS) is 11.9. The van der Waals surface area contributed by atoms with E-state index in [-0.39, 0.29) is 57.5 Å². The first-order valence-electron chi connectivity index (χ1n) is 3.98. The van der Waals surface area contributed by atoms with E-state index < -0.39 is 30.2 Å². The first-order chi connectivity index (χ1) is 7.16. The summed E-state index contributed by atoms with van der Waals surface area (Å²) in [5, 5.41) is 0. The molecule has 90 valence electrons. The Hall–Kier alpha value is 0.231. The van der Waals surface area contributed by atoms with Crippen LogP contribution in [0.2, 0.25) is 0 Å². The number of nitrogens with zero attached hydrogens (tertiary/aromatic N) is 1. The van der Waals surface area contributed by atoms with E-state index in [1.165, 1.54) is 0 Å². The van der Waals surface area contributed by atoms with Crippen LogP contribution in [0.3, 0.4) is 0 Å². The molecule has 0 fully saturated rings. The fourth-order valence-electron chi connectivity index (χ4n) is 1.02. The van der Waals surface area contributed by atoms with Crippen molar-refractivity contribution in [2.24, 2.45) is 0 Å². The van der Waals surface area contributed by atoms with Crippen LogP contribution in [0.1, 0.15) is 5.69 Å². The maximum absolute atomic E-state index is 12.3. The van der Waals surface area contributed by atoms with Crippen LogP contribution in [0, 0.1) is 0 Å². The summed E-state index contributed by atoms with van der Waals surface area (Å²) < 4.78 is 77.6. The second kappa shape index (κ2) is 5.91. The zero-order chi connectivity index (χ0) is 12.6. The van der Waals surface area contributed by atoms with Crippen LogP contribution in [0.5, 0.6) is 5.88 Å². The Balaban J connectivity index is 0.00000256. The molecule has 0 bridgehead atoms.